The molecule has 1 saturated carbocycles. The number of amidine groups is 1. The molecule has 1 aliphatic carbocycles. The monoisotopic (exact) mass is 381 g/mol. The van der Waals surface area contributed by atoms with Crippen LogP contribution in [0, 0.1) is 0 Å². The Labute approximate surface area is 160 Å². The van der Waals surface area contributed by atoms with Crippen molar-refractivity contribution in [2.45, 2.75) is 49.1 Å². The molecule has 140 valence electrons. The Morgan fingerprint density at radius 2 is 1.89 bits per heavy atom. The number of benzene rings is 2. The van der Waals surface area contributed by atoms with Gasteiger partial charge in [-0.15, -0.1) is 0 Å². The lowest BCUT2D eigenvalue weighted by Gasteiger charge is -2.23. The van der Waals surface area contributed by atoms with Gasteiger partial charge in [0.05, 0.1) is 16.6 Å². The molecular formula is C21H23N3O2S. The number of nitrogens with one attached hydrogen (secondary N) is 1. The zero-order chi connectivity index (χ0) is 18.4. The van der Waals surface area contributed by atoms with Gasteiger partial charge in [-0.2, -0.15) is 0 Å². The third kappa shape index (κ3) is 2.83. The van der Waals surface area contributed by atoms with Crippen LogP contribution in [0.3, 0.4) is 0 Å². The van der Waals surface area contributed by atoms with Gasteiger partial charge in [-0.1, -0.05) is 43.2 Å². The van der Waals surface area contributed by atoms with Gasteiger partial charge in [0, 0.05) is 18.2 Å². The van der Waals surface area contributed by atoms with Crippen LogP contribution in [0.4, 0.5) is 5.69 Å². The van der Waals surface area contributed by atoms with E-state index in [9.17, 15) is 8.42 Å². The first-order chi connectivity index (χ1) is 13.1. The number of anilines is 1. The number of hydrogen-bond acceptors (Lipinski definition) is 4. The largest absolute Gasteiger partial charge is 0.365 e. The zero-order valence-corrected chi connectivity index (χ0v) is 16.0. The quantitative estimate of drug-likeness (QED) is 0.889. The van der Waals surface area contributed by atoms with Crippen molar-refractivity contribution in [2.24, 2.45) is 4.99 Å². The Kier molecular flexibility index (Phi) is 3.97. The van der Waals surface area contributed by atoms with Gasteiger partial charge in [-0.3, -0.25) is 9.30 Å². The third-order valence-electron chi connectivity index (χ3n) is 5.89. The average Bonchev–Trinajstić information content (AvgIpc) is 3.32. The molecule has 0 amide bonds. The summed E-state index contributed by atoms with van der Waals surface area (Å²) in [6.45, 7) is 0.495. The van der Waals surface area contributed by atoms with E-state index in [1.165, 1.54) is 17.1 Å². The number of fused-ring (bicyclic) bond motifs is 2. The van der Waals surface area contributed by atoms with Gasteiger partial charge in [0.2, 0.25) is 0 Å². The second-order valence-corrected chi connectivity index (χ2v) is 9.43. The zero-order valence-electron chi connectivity index (χ0n) is 15.1. The van der Waals surface area contributed by atoms with Crippen LogP contribution in [-0.2, 0) is 16.4 Å². The van der Waals surface area contributed by atoms with Gasteiger partial charge in [0.15, 0.2) is 0 Å². The topological polar surface area (TPSA) is 61.8 Å². The predicted molar refractivity (Wildman–Crippen MR) is 107 cm³/mol. The highest BCUT2D eigenvalue weighted by Crippen LogP contribution is 2.33. The first kappa shape index (κ1) is 16.8. The lowest BCUT2D eigenvalue weighted by molar-refractivity contribution is 0.385. The van der Waals surface area contributed by atoms with E-state index < -0.39 is 10.0 Å². The summed E-state index contributed by atoms with van der Waals surface area (Å²) < 4.78 is 28.1. The molecule has 0 spiro atoms. The summed E-state index contributed by atoms with van der Waals surface area (Å²) in [6.07, 6.45) is 5.47. The van der Waals surface area contributed by atoms with E-state index in [1.54, 1.807) is 12.1 Å². The normalized spacial score (nSPS) is 24.1. The molecular weight excluding hydrogens is 358 g/mol. The van der Waals surface area contributed by atoms with Crippen LogP contribution in [0.15, 0.2) is 58.4 Å². The maximum absolute atomic E-state index is 13.3. The van der Waals surface area contributed by atoms with Crippen molar-refractivity contribution in [3.63, 3.8) is 0 Å². The summed E-state index contributed by atoms with van der Waals surface area (Å²) in [5.74, 6) is 0.839. The molecule has 0 unspecified atom stereocenters. The predicted octanol–water partition coefficient (Wildman–Crippen LogP) is 3.10. The minimum atomic E-state index is -3.58. The van der Waals surface area contributed by atoms with Crippen molar-refractivity contribution in [1.29, 1.82) is 0 Å². The van der Waals surface area contributed by atoms with Crippen LogP contribution in [0.2, 0.25) is 0 Å². The summed E-state index contributed by atoms with van der Waals surface area (Å²) in [4.78, 5) is 5.16. The highest BCUT2D eigenvalue weighted by atomic mass is 32.2. The SMILES string of the molecule is O=S(=O)(c1cccc(C2=N[C@H]3CCCC[C@H]3N2)c1)N1CCc2ccccc21. The first-order valence-corrected chi connectivity index (χ1v) is 11.1. The van der Waals surface area contributed by atoms with Gasteiger partial charge in [-0.05, 0) is 43.0 Å². The van der Waals surface area contributed by atoms with Crippen LogP contribution < -0.4 is 9.62 Å². The van der Waals surface area contributed by atoms with Gasteiger partial charge in [-0.25, -0.2) is 8.42 Å². The second kappa shape index (κ2) is 6.37. The molecule has 2 aromatic carbocycles. The number of sulfonamides is 1. The third-order valence-corrected chi connectivity index (χ3v) is 7.70. The number of nitrogens with zero attached hydrogens (tertiary/aromatic N) is 2. The lowest BCUT2D eigenvalue weighted by Crippen LogP contribution is -2.37. The Morgan fingerprint density at radius 3 is 2.78 bits per heavy atom. The van der Waals surface area contributed by atoms with Crippen LogP contribution >= 0.6 is 0 Å². The summed E-state index contributed by atoms with van der Waals surface area (Å²) in [7, 11) is -3.58. The van der Waals surface area contributed by atoms with Crippen molar-refractivity contribution >= 4 is 21.5 Å². The minimum absolute atomic E-state index is 0.330. The van der Waals surface area contributed by atoms with Crippen LogP contribution in [0.5, 0.6) is 0 Å². The molecule has 1 fully saturated rings. The molecule has 0 radical (unpaired) electrons. The average molecular weight is 382 g/mol. The maximum Gasteiger partial charge on any atom is 0.264 e. The highest BCUT2D eigenvalue weighted by Gasteiger charge is 2.33. The fraction of sp³-hybridized carbons (Fsp3) is 0.381. The Balaban J connectivity index is 1.47. The molecule has 27 heavy (non-hydrogen) atoms. The lowest BCUT2D eigenvalue weighted by atomic mass is 9.92. The Morgan fingerprint density at radius 1 is 1.04 bits per heavy atom. The number of hydrogen-bond donors (Lipinski definition) is 1. The molecule has 0 aromatic heterocycles. The molecule has 6 heteroatoms. The van der Waals surface area contributed by atoms with Gasteiger partial charge in [0.25, 0.3) is 10.0 Å². The fourth-order valence-electron chi connectivity index (χ4n) is 4.46. The standard InChI is InChI=1S/C21H23N3O2S/c25-27(26,24-13-12-15-6-1-4-11-20(15)24)17-8-5-7-16(14-17)21-22-18-9-2-3-10-19(18)23-21/h1,4-8,11,14,18-19H,2-3,9-10,12-13H2,(H,22,23)/t18-,19+. The van der Waals surface area contributed by atoms with Gasteiger partial charge < -0.3 is 5.32 Å². The highest BCUT2D eigenvalue weighted by molar-refractivity contribution is 7.92. The first-order valence-electron chi connectivity index (χ1n) is 9.68. The van der Waals surface area contributed by atoms with Gasteiger partial charge >= 0.3 is 0 Å². The van der Waals surface area contributed by atoms with Crippen molar-refractivity contribution in [2.75, 3.05) is 10.8 Å². The van der Waals surface area contributed by atoms with E-state index >= 15 is 0 Å². The van der Waals surface area contributed by atoms with E-state index in [2.05, 4.69) is 5.32 Å². The van der Waals surface area contributed by atoms with E-state index in [0.29, 0.717) is 23.5 Å². The van der Waals surface area contributed by atoms with Crippen molar-refractivity contribution in [3.8, 4) is 0 Å². The Hall–Kier alpha value is -2.34. The van der Waals surface area contributed by atoms with Crippen molar-refractivity contribution in [3.05, 3.63) is 59.7 Å². The molecule has 3 aliphatic rings. The van der Waals surface area contributed by atoms with Crippen molar-refractivity contribution in [1.82, 2.24) is 5.32 Å². The molecule has 2 aromatic rings. The summed E-state index contributed by atoms with van der Waals surface area (Å²) in [6, 6.07) is 15.7. The Bertz CT molecular complexity index is 1020. The number of aliphatic imine (C=N–C) groups is 1. The maximum atomic E-state index is 13.3. The second-order valence-electron chi connectivity index (χ2n) is 7.56. The van der Waals surface area contributed by atoms with E-state index in [0.717, 1.165) is 41.9 Å². The van der Waals surface area contributed by atoms with Crippen LogP contribution in [-0.4, -0.2) is 32.9 Å². The summed E-state index contributed by atoms with van der Waals surface area (Å²) in [5, 5.41) is 3.51. The fourth-order valence-corrected chi connectivity index (χ4v) is 6.01. The van der Waals surface area contributed by atoms with Crippen LogP contribution in [0.25, 0.3) is 0 Å². The smallest absolute Gasteiger partial charge is 0.264 e. The minimum Gasteiger partial charge on any atom is -0.365 e. The van der Waals surface area contributed by atoms with E-state index in [-0.39, 0.29) is 0 Å². The number of rotatable bonds is 3. The molecule has 0 bridgehead atoms. The summed E-state index contributed by atoms with van der Waals surface area (Å²) in [5.41, 5.74) is 2.74. The molecule has 5 rings (SSSR count). The molecule has 2 aliphatic heterocycles. The molecule has 1 N–H and O–H groups in total. The van der Waals surface area contributed by atoms with Gasteiger partial charge in [0.1, 0.15) is 5.84 Å². The van der Waals surface area contributed by atoms with Crippen LogP contribution in [0.1, 0.15) is 36.8 Å². The molecule has 5 nitrogen and oxygen atoms in total. The van der Waals surface area contributed by atoms with Crippen molar-refractivity contribution < 1.29 is 8.42 Å². The molecule has 2 heterocycles. The summed E-state index contributed by atoms with van der Waals surface area (Å²) >= 11 is 0. The molecule has 2 atom stereocenters. The number of para-hydroxylation sites is 1. The van der Waals surface area contributed by atoms with E-state index in [4.69, 9.17) is 4.99 Å². The van der Waals surface area contributed by atoms with E-state index in [1.807, 2.05) is 36.4 Å². The molecule has 0 saturated heterocycles.